The van der Waals surface area contributed by atoms with E-state index in [4.69, 9.17) is 9.72 Å². The number of imidazole rings is 1. The van der Waals surface area contributed by atoms with Gasteiger partial charge in [-0.15, -0.1) is 0 Å². The summed E-state index contributed by atoms with van der Waals surface area (Å²) in [5.74, 6) is 0.781. The van der Waals surface area contributed by atoms with Gasteiger partial charge < -0.3 is 24.9 Å². The summed E-state index contributed by atoms with van der Waals surface area (Å²) in [6.45, 7) is 8.62. The molecule has 208 valence electrons. The third kappa shape index (κ3) is 5.65. The zero-order chi connectivity index (χ0) is 27.8. The highest BCUT2D eigenvalue weighted by Crippen LogP contribution is 2.37. The smallest absolute Gasteiger partial charge is 0.407 e. The molecule has 0 radical (unpaired) electrons. The van der Waals surface area contributed by atoms with Crippen molar-refractivity contribution in [2.45, 2.75) is 81.0 Å². The van der Waals surface area contributed by atoms with Gasteiger partial charge in [-0.25, -0.2) is 23.2 Å². The second kappa shape index (κ2) is 10.6. The van der Waals surface area contributed by atoms with Crippen molar-refractivity contribution < 1.29 is 17.9 Å². The lowest BCUT2D eigenvalue weighted by atomic mass is 9.90. The average Bonchev–Trinajstić information content (AvgIpc) is 3.49. The standard InChI is InChI=1S/C28H36N6O4S/c1-18-32-23-24(22-14-15-30-25(22)33-26(23)39(36,37)21-8-6-5-7-9-21)34(18)20-12-10-19(11-13-20)29-16-17-31-27(35)38-28(2,3)4/h5-9,14-15,19-20,29H,10-13,16-17H2,1-4H3,(H,30,33)(H,31,35). The first-order valence-corrected chi connectivity index (χ1v) is 14.9. The van der Waals surface area contributed by atoms with Gasteiger partial charge in [-0.2, -0.15) is 0 Å². The van der Waals surface area contributed by atoms with Crippen LogP contribution in [-0.2, 0) is 14.6 Å². The summed E-state index contributed by atoms with van der Waals surface area (Å²) in [5, 5.41) is 7.17. The van der Waals surface area contributed by atoms with E-state index in [2.05, 4.69) is 25.2 Å². The van der Waals surface area contributed by atoms with Crippen LogP contribution in [0.15, 0.2) is 52.5 Å². The highest BCUT2D eigenvalue weighted by atomic mass is 32.2. The summed E-state index contributed by atoms with van der Waals surface area (Å²) in [6.07, 6.45) is 5.17. The molecule has 4 aromatic rings. The van der Waals surface area contributed by atoms with Crippen LogP contribution in [0.5, 0.6) is 0 Å². The first kappa shape index (κ1) is 27.1. The van der Waals surface area contributed by atoms with Crippen LogP contribution in [0.1, 0.15) is 58.3 Å². The Morgan fingerprint density at radius 2 is 1.79 bits per heavy atom. The molecule has 0 unspecified atom stereocenters. The van der Waals surface area contributed by atoms with E-state index in [-0.39, 0.29) is 16.0 Å². The number of aromatic amines is 1. The molecule has 39 heavy (non-hydrogen) atoms. The topological polar surface area (TPSA) is 131 Å². The van der Waals surface area contributed by atoms with E-state index < -0.39 is 21.5 Å². The molecule has 0 spiro atoms. The number of alkyl carbamates (subject to hydrolysis) is 1. The number of rotatable bonds is 7. The van der Waals surface area contributed by atoms with Gasteiger partial charge in [0.2, 0.25) is 9.84 Å². The number of fused-ring (bicyclic) bond motifs is 3. The molecule has 1 aliphatic carbocycles. The predicted molar refractivity (Wildman–Crippen MR) is 150 cm³/mol. The zero-order valence-corrected chi connectivity index (χ0v) is 23.6. The molecule has 1 aromatic carbocycles. The monoisotopic (exact) mass is 552 g/mol. The van der Waals surface area contributed by atoms with Crippen LogP contribution >= 0.6 is 0 Å². The third-order valence-electron chi connectivity index (χ3n) is 7.08. The summed E-state index contributed by atoms with van der Waals surface area (Å²) >= 11 is 0. The van der Waals surface area contributed by atoms with E-state index in [1.807, 2.05) is 33.8 Å². The Morgan fingerprint density at radius 1 is 1.08 bits per heavy atom. The first-order valence-electron chi connectivity index (χ1n) is 13.4. The molecule has 0 atom stereocenters. The number of hydrogen-bond donors (Lipinski definition) is 3. The Morgan fingerprint density at radius 3 is 2.49 bits per heavy atom. The lowest BCUT2D eigenvalue weighted by Gasteiger charge is -2.31. The van der Waals surface area contributed by atoms with Crippen LogP contribution in [0.4, 0.5) is 4.79 Å². The van der Waals surface area contributed by atoms with Crippen molar-refractivity contribution in [2.24, 2.45) is 0 Å². The fourth-order valence-electron chi connectivity index (χ4n) is 5.39. The fraction of sp³-hybridized carbons (Fsp3) is 0.464. The molecule has 3 heterocycles. The summed E-state index contributed by atoms with van der Waals surface area (Å²) in [4.78, 5) is 24.5. The summed E-state index contributed by atoms with van der Waals surface area (Å²) in [6, 6.07) is 10.9. The molecule has 3 N–H and O–H groups in total. The number of aryl methyl sites for hydroxylation is 1. The maximum absolute atomic E-state index is 13.6. The normalized spacial score (nSPS) is 18.5. The molecule has 11 heteroatoms. The molecule has 3 aromatic heterocycles. The molecule has 1 fully saturated rings. The lowest BCUT2D eigenvalue weighted by molar-refractivity contribution is 0.0527. The minimum Gasteiger partial charge on any atom is -0.444 e. The van der Waals surface area contributed by atoms with Gasteiger partial charge in [0, 0.05) is 36.8 Å². The number of sulfone groups is 1. The van der Waals surface area contributed by atoms with Crippen molar-refractivity contribution in [1.82, 2.24) is 30.2 Å². The van der Waals surface area contributed by atoms with Gasteiger partial charge in [-0.05, 0) is 71.6 Å². The van der Waals surface area contributed by atoms with Crippen molar-refractivity contribution in [1.29, 1.82) is 0 Å². The van der Waals surface area contributed by atoms with Crippen molar-refractivity contribution in [3.63, 3.8) is 0 Å². The molecule has 0 bridgehead atoms. The number of H-pyrrole nitrogens is 1. The van der Waals surface area contributed by atoms with Crippen molar-refractivity contribution in [3.05, 3.63) is 48.4 Å². The quantitative estimate of drug-likeness (QED) is 0.284. The highest BCUT2D eigenvalue weighted by molar-refractivity contribution is 7.91. The average molecular weight is 553 g/mol. The minimum atomic E-state index is -3.86. The maximum Gasteiger partial charge on any atom is 0.407 e. The Kier molecular flexibility index (Phi) is 7.39. The van der Waals surface area contributed by atoms with Gasteiger partial charge in [0.15, 0.2) is 5.03 Å². The number of nitrogens with zero attached hydrogens (tertiary/aromatic N) is 3. The second-order valence-electron chi connectivity index (χ2n) is 11.1. The molecule has 1 amide bonds. The number of hydrogen-bond acceptors (Lipinski definition) is 7. The molecular weight excluding hydrogens is 516 g/mol. The number of aromatic nitrogens is 4. The number of ether oxygens (including phenoxy) is 1. The highest BCUT2D eigenvalue weighted by Gasteiger charge is 2.31. The molecule has 0 aliphatic heterocycles. The molecule has 5 rings (SSSR count). The molecule has 10 nitrogen and oxygen atoms in total. The van der Waals surface area contributed by atoms with Gasteiger partial charge in [0.05, 0.1) is 10.4 Å². The first-order chi connectivity index (χ1) is 18.5. The van der Waals surface area contributed by atoms with Crippen LogP contribution in [-0.4, -0.2) is 58.8 Å². The van der Waals surface area contributed by atoms with E-state index in [9.17, 15) is 13.2 Å². The van der Waals surface area contributed by atoms with Crippen LogP contribution in [0.3, 0.4) is 0 Å². The number of carbonyl (C=O) groups excluding carboxylic acids is 1. The maximum atomic E-state index is 13.6. The number of pyridine rings is 1. The van der Waals surface area contributed by atoms with Gasteiger partial charge in [-0.3, -0.25) is 0 Å². The minimum absolute atomic E-state index is 0.0201. The summed E-state index contributed by atoms with van der Waals surface area (Å²) < 4.78 is 34.7. The Bertz CT molecular complexity index is 1580. The van der Waals surface area contributed by atoms with Crippen LogP contribution < -0.4 is 10.6 Å². The number of carbonyl (C=O) groups is 1. The van der Waals surface area contributed by atoms with Crippen molar-refractivity contribution in [2.75, 3.05) is 13.1 Å². The number of amides is 1. The van der Waals surface area contributed by atoms with E-state index in [1.54, 1.807) is 36.5 Å². The van der Waals surface area contributed by atoms with Gasteiger partial charge in [0.1, 0.15) is 22.6 Å². The van der Waals surface area contributed by atoms with E-state index >= 15 is 0 Å². The van der Waals surface area contributed by atoms with Gasteiger partial charge in [0.25, 0.3) is 0 Å². The van der Waals surface area contributed by atoms with Crippen molar-refractivity contribution in [3.8, 4) is 0 Å². The molecule has 0 saturated heterocycles. The Hall–Kier alpha value is -3.44. The van der Waals surface area contributed by atoms with E-state index in [0.717, 1.165) is 42.4 Å². The lowest BCUT2D eigenvalue weighted by Crippen LogP contribution is -2.40. The van der Waals surface area contributed by atoms with Crippen LogP contribution in [0, 0.1) is 6.92 Å². The Labute approximate surface area is 228 Å². The molecule has 1 saturated carbocycles. The van der Waals surface area contributed by atoms with Crippen LogP contribution in [0.2, 0.25) is 0 Å². The van der Waals surface area contributed by atoms with Crippen molar-refractivity contribution >= 4 is 38.0 Å². The largest absolute Gasteiger partial charge is 0.444 e. The fourth-order valence-corrected chi connectivity index (χ4v) is 6.74. The van der Waals surface area contributed by atoms with Gasteiger partial charge in [-0.1, -0.05) is 18.2 Å². The molecule has 1 aliphatic rings. The number of benzene rings is 1. The predicted octanol–water partition coefficient (Wildman–Crippen LogP) is 4.65. The van der Waals surface area contributed by atoms with E-state index in [1.165, 1.54) is 0 Å². The zero-order valence-electron chi connectivity index (χ0n) is 22.8. The SMILES string of the molecule is Cc1nc2c(S(=O)(=O)c3ccccc3)nc3[nH]ccc3c2n1C1CCC(NCCNC(=O)OC(C)(C)C)CC1. The van der Waals surface area contributed by atoms with Crippen LogP contribution in [0.25, 0.3) is 22.1 Å². The third-order valence-corrected chi connectivity index (χ3v) is 8.77. The summed E-state index contributed by atoms with van der Waals surface area (Å²) in [5.41, 5.74) is 1.24. The Balaban J connectivity index is 1.34. The van der Waals surface area contributed by atoms with E-state index in [0.29, 0.717) is 30.3 Å². The number of nitrogens with one attached hydrogen (secondary N) is 3. The summed E-state index contributed by atoms with van der Waals surface area (Å²) in [7, 11) is -3.86. The second-order valence-corrected chi connectivity index (χ2v) is 13.0. The van der Waals surface area contributed by atoms with Gasteiger partial charge >= 0.3 is 6.09 Å². The molecular formula is C28H36N6O4S.